The lowest BCUT2D eigenvalue weighted by Crippen LogP contribution is -2.19. The molecule has 288 valence electrons. The summed E-state index contributed by atoms with van der Waals surface area (Å²) in [6.07, 6.45) is 0. The fourth-order valence-electron chi connectivity index (χ4n) is 11.8. The third-order valence-corrected chi connectivity index (χ3v) is 15.8. The minimum atomic E-state index is -0.101. The van der Waals surface area contributed by atoms with E-state index in [0.29, 0.717) is 0 Å². The molecule has 1 heteroatoms. The maximum Gasteiger partial charge on any atom is 0.136 e. The monoisotopic (exact) mass is 746 g/mol. The van der Waals surface area contributed by atoms with E-state index < -0.39 is 0 Å². The number of benzene rings is 7. The number of para-hydroxylation sites is 1. The molecule has 1 nitrogen and oxygen atoms in total. The van der Waals surface area contributed by atoms with Crippen molar-refractivity contribution >= 4 is 43.5 Å². The van der Waals surface area contributed by atoms with E-state index >= 15 is 0 Å². The Balaban J connectivity index is 1.60. The zero-order valence-corrected chi connectivity index (χ0v) is 37.4. The van der Waals surface area contributed by atoms with Crippen LogP contribution in [0.4, 0.5) is 0 Å². The van der Waals surface area contributed by atoms with Gasteiger partial charge in [-0.2, -0.15) is 0 Å². The SMILES string of the molecule is Cc1c(C)c(C)c2c(c1C)-c1c(C)c(-c3c4c(C)c(C)c(C)c(C)c4c(-c4cccc5oc6ccccc6c45)c4c(C)c(C)c(C)c(C)c34)c(C)c(C)c1C2(C)C. The number of fused-ring (bicyclic) bond motifs is 8. The molecule has 0 N–H and O–H groups in total. The van der Waals surface area contributed by atoms with E-state index in [4.69, 9.17) is 4.42 Å². The van der Waals surface area contributed by atoms with Crippen LogP contribution in [0, 0.1) is 104 Å². The van der Waals surface area contributed by atoms with Gasteiger partial charge in [0.05, 0.1) is 0 Å². The first-order valence-electron chi connectivity index (χ1n) is 21.0. The molecule has 1 heterocycles. The molecule has 0 radical (unpaired) electrons. The normalized spacial score (nSPS) is 13.5. The summed E-state index contributed by atoms with van der Waals surface area (Å²) >= 11 is 0. The van der Waals surface area contributed by atoms with Crippen LogP contribution in [0.25, 0.3) is 76.9 Å². The van der Waals surface area contributed by atoms with Crippen LogP contribution in [-0.2, 0) is 5.41 Å². The molecule has 0 unspecified atom stereocenters. The van der Waals surface area contributed by atoms with Crippen molar-refractivity contribution in [2.45, 2.75) is 123 Å². The van der Waals surface area contributed by atoms with Crippen LogP contribution in [0.5, 0.6) is 0 Å². The van der Waals surface area contributed by atoms with Crippen molar-refractivity contribution in [1.29, 1.82) is 0 Å². The molecule has 1 aliphatic carbocycles. The van der Waals surface area contributed by atoms with Gasteiger partial charge in [-0.15, -0.1) is 0 Å². The highest BCUT2D eigenvalue weighted by molar-refractivity contribution is 6.29. The van der Waals surface area contributed by atoms with E-state index in [0.717, 1.165) is 11.2 Å². The summed E-state index contributed by atoms with van der Waals surface area (Å²) in [6, 6.07) is 15.3. The maximum atomic E-state index is 6.59. The molecule has 0 saturated heterocycles. The minimum absolute atomic E-state index is 0.101. The summed E-state index contributed by atoms with van der Waals surface area (Å²) in [5.41, 5.74) is 34.1. The number of hydrogen-bond acceptors (Lipinski definition) is 1. The minimum Gasteiger partial charge on any atom is -0.456 e. The van der Waals surface area contributed by atoms with Crippen molar-refractivity contribution in [2.75, 3.05) is 0 Å². The Hall–Kier alpha value is -5.14. The zero-order chi connectivity index (χ0) is 41.1. The Morgan fingerprint density at radius 3 is 1.26 bits per heavy atom. The molecule has 1 aromatic heterocycles. The quantitative estimate of drug-likeness (QED) is 0.161. The van der Waals surface area contributed by atoms with Gasteiger partial charge < -0.3 is 4.42 Å². The second kappa shape index (κ2) is 12.2. The topological polar surface area (TPSA) is 13.1 Å². The van der Waals surface area contributed by atoms with Gasteiger partial charge in [0.25, 0.3) is 0 Å². The number of furan rings is 1. The first-order valence-corrected chi connectivity index (χ1v) is 21.0. The van der Waals surface area contributed by atoms with Gasteiger partial charge in [-0.1, -0.05) is 44.2 Å². The van der Waals surface area contributed by atoms with E-state index in [1.54, 1.807) is 0 Å². The standard InChI is InChI=1S/C56H58O/c1-25-27(3)33(9)47-45(31(25)7)52(41-22-20-24-43-51(41)40-21-18-19-23-42(40)57-43)46-32(8)26(2)28(4)34(10)48(46)53(47)44-36(12)38(14)55-50(39(44)15)49-35(11)29(5)30(6)37(13)54(49)56(55,16)17/h18-24H,1-17H3. The molecule has 57 heavy (non-hydrogen) atoms. The van der Waals surface area contributed by atoms with Crippen LogP contribution >= 0.6 is 0 Å². The molecular weight excluding hydrogens is 689 g/mol. The van der Waals surface area contributed by atoms with Crippen molar-refractivity contribution in [3.05, 3.63) is 137 Å². The summed E-state index contributed by atoms with van der Waals surface area (Å²) in [5.74, 6) is 0. The van der Waals surface area contributed by atoms with Gasteiger partial charge in [-0.25, -0.2) is 0 Å². The molecule has 0 aliphatic heterocycles. The first kappa shape index (κ1) is 37.4. The fraction of sp³-hybridized carbons (Fsp3) is 0.321. The van der Waals surface area contributed by atoms with E-state index in [1.165, 1.54) is 160 Å². The van der Waals surface area contributed by atoms with Gasteiger partial charge in [-0.05, 0) is 265 Å². The van der Waals surface area contributed by atoms with Gasteiger partial charge in [-0.3, -0.25) is 0 Å². The number of aryl methyl sites for hydroxylation is 4. The van der Waals surface area contributed by atoms with E-state index in [2.05, 4.69) is 160 Å². The van der Waals surface area contributed by atoms with E-state index in [9.17, 15) is 0 Å². The predicted molar refractivity (Wildman–Crippen MR) is 248 cm³/mol. The van der Waals surface area contributed by atoms with Gasteiger partial charge in [0, 0.05) is 16.2 Å². The average molecular weight is 747 g/mol. The summed E-state index contributed by atoms with van der Waals surface area (Å²) in [6.45, 7) is 40.5. The van der Waals surface area contributed by atoms with Gasteiger partial charge >= 0.3 is 0 Å². The molecule has 7 aromatic carbocycles. The summed E-state index contributed by atoms with van der Waals surface area (Å²) in [7, 11) is 0. The van der Waals surface area contributed by atoms with E-state index in [1.807, 2.05) is 0 Å². The Bertz CT molecular complexity index is 3090. The Morgan fingerprint density at radius 2 is 0.719 bits per heavy atom. The molecular formula is C56H58O. The molecule has 0 amide bonds. The smallest absolute Gasteiger partial charge is 0.136 e. The van der Waals surface area contributed by atoms with Crippen molar-refractivity contribution in [2.24, 2.45) is 0 Å². The molecule has 0 saturated carbocycles. The second-order valence-corrected chi connectivity index (χ2v) is 18.4. The lowest BCUT2D eigenvalue weighted by Gasteiger charge is -2.31. The largest absolute Gasteiger partial charge is 0.456 e. The third kappa shape index (κ3) is 4.52. The third-order valence-electron chi connectivity index (χ3n) is 15.8. The zero-order valence-electron chi connectivity index (χ0n) is 37.4. The Labute approximate surface area is 340 Å². The van der Waals surface area contributed by atoms with Crippen molar-refractivity contribution in [1.82, 2.24) is 0 Å². The summed E-state index contributed by atoms with van der Waals surface area (Å²) in [4.78, 5) is 0. The van der Waals surface area contributed by atoms with E-state index in [-0.39, 0.29) is 5.41 Å². The fourth-order valence-corrected chi connectivity index (χ4v) is 11.8. The van der Waals surface area contributed by atoms with Crippen LogP contribution < -0.4 is 0 Å². The molecule has 9 rings (SSSR count). The predicted octanol–water partition coefficient (Wildman–Crippen LogP) is 16.2. The molecule has 1 aliphatic rings. The van der Waals surface area contributed by atoms with Crippen LogP contribution in [0.15, 0.2) is 46.9 Å². The average Bonchev–Trinajstić information content (AvgIpc) is 3.69. The van der Waals surface area contributed by atoms with Crippen LogP contribution in [0.1, 0.15) is 108 Å². The van der Waals surface area contributed by atoms with Crippen molar-refractivity contribution < 1.29 is 4.42 Å². The van der Waals surface area contributed by atoms with Gasteiger partial charge in [0.15, 0.2) is 0 Å². The van der Waals surface area contributed by atoms with Crippen molar-refractivity contribution in [3.63, 3.8) is 0 Å². The number of rotatable bonds is 2. The van der Waals surface area contributed by atoms with Crippen molar-refractivity contribution in [3.8, 4) is 33.4 Å². The van der Waals surface area contributed by atoms with Gasteiger partial charge in [0.1, 0.15) is 11.2 Å². The number of hydrogen-bond donors (Lipinski definition) is 0. The molecule has 0 atom stereocenters. The van der Waals surface area contributed by atoms with Gasteiger partial charge in [0.2, 0.25) is 0 Å². The molecule has 0 bridgehead atoms. The molecule has 0 spiro atoms. The second-order valence-electron chi connectivity index (χ2n) is 18.4. The Morgan fingerprint density at radius 1 is 0.316 bits per heavy atom. The summed E-state index contributed by atoms with van der Waals surface area (Å²) < 4.78 is 6.59. The highest BCUT2D eigenvalue weighted by Crippen LogP contribution is 2.59. The van der Waals surface area contributed by atoms with Crippen LogP contribution in [-0.4, -0.2) is 0 Å². The molecule has 8 aromatic rings. The highest BCUT2D eigenvalue weighted by Gasteiger charge is 2.42. The summed E-state index contributed by atoms with van der Waals surface area (Å²) in [5, 5.41) is 7.90. The first-order chi connectivity index (χ1) is 26.9. The highest BCUT2D eigenvalue weighted by atomic mass is 16.3. The lowest BCUT2D eigenvalue weighted by atomic mass is 9.72. The lowest BCUT2D eigenvalue weighted by molar-refractivity contribution is 0.648. The Kier molecular flexibility index (Phi) is 8.00. The van der Waals surface area contributed by atoms with Crippen LogP contribution in [0.3, 0.4) is 0 Å². The molecule has 0 fully saturated rings. The van der Waals surface area contributed by atoms with Crippen LogP contribution in [0.2, 0.25) is 0 Å². The maximum absolute atomic E-state index is 6.59.